The van der Waals surface area contributed by atoms with E-state index in [-0.39, 0.29) is 11.9 Å². The topological polar surface area (TPSA) is 32.3 Å². The third kappa shape index (κ3) is 5.40. The van der Waals surface area contributed by atoms with Crippen molar-refractivity contribution >= 4 is 37.8 Å². The number of hydrogen-bond acceptors (Lipinski definition) is 2. The normalized spacial score (nSPS) is 15.9. The molecule has 1 fully saturated rings. The fourth-order valence-electron chi connectivity index (χ4n) is 3.22. The average Bonchev–Trinajstić information content (AvgIpc) is 2.61. The quantitative estimate of drug-likeness (QED) is 0.703. The van der Waals surface area contributed by atoms with E-state index in [0.29, 0.717) is 6.42 Å². The molecule has 1 aliphatic heterocycles. The van der Waals surface area contributed by atoms with Crippen molar-refractivity contribution in [3.8, 4) is 0 Å². The Hall–Kier alpha value is -1.17. The average molecular weight is 466 g/mol. The number of nitrogens with zero attached hydrogens (tertiary/aromatic N) is 1. The SMILES string of the molecule is O=C(Cc1c(Br)cccc1Br)NC1CCN(Cc2ccccc2)CC1. The van der Waals surface area contributed by atoms with Crippen LogP contribution in [0.15, 0.2) is 57.5 Å². The van der Waals surface area contributed by atoms with Crippen LogP contribution in [-0.2, 0) is 17.8 Å². The standard InChI is InChI=1S/C20H22Br2N2O/c21-18-7-4-8-19(22)17(18)13-20(25)23-16-9-11-24(12-10-16)14-15-5-2-1-3-6-15/h1-8,16H,9-14H2,(H,23,25). The smallest absolute Gasteiger partial charge is 0.224 e. The summed E-state index contributed by atoms with van der Waals surface area (Å²) in [6, 6.07) is 16.7. The molecule has 25 heavy (non-hydrogen) atoms. The highest BCUT2D eigenvalue weighted by Crippen LogP contribution is 2.25. The van der Waals surface area contributed by atoms with Crippen LogP contribution in [0.5, 0.6) is 0 Å². The molecular weight excluding hydrogens is 444 g/mol. The van der Waals surface area contributed by atoms with Crippen molar-refractivity contribution in [2.45, 2.75) is 31.8 Å². The Morgan fingerprint density at radius 1 is 1.00 bits per heavy atom. The van der Waals surface area contributed by atoms with Crippen molar-refractivity contribution in [3.05, 3.63) is 68.6 Å². The van der Waals surface area contributed by atoms with Crippen LogP contribution in [-0.4, -0.2) is 29.9 Å². The van der Waals surface area contributed by atoms with E-state index >= 15 is 0 Å². The van der Waals surface area contributed by atoms with Crippen LogP contribution >= 0.6 is 31.9 Å². The second kappa shape index (κ2) is 8.97. The van der Waals surface area contributed by atoms with Crippen LogP contribution in [0.3, 0.4) is 0 Å². The molecule has 0 atom stereocenters. The molecule has 0 radical (unpaired) electrons. The number of carbonyl (C=O) groups excluding carboxylic acids is 1. The van der Waals surface area contributed by atoms with Gasteiger partial charge in [0.1, 0.15) is 0 Å². The third-order valence-electron chi connectivity index (χ3n) is 4.60. The largest absolute Gasteiger partial charge is 0.353 e. The highest BCUT2D eigenvalue weighted by molar-refractivity contribution is 9.11. The Bertz CT molecular complexity index is 693. The molecule has 2 aromatic rings. The van der Waals surface area contributed by atoms with Gasteiger partial charge in [-0.2, -0.15) is 0 Å². The number of rotatable bonds is 5. The molecule has 0 saturated carbocycles. The highest BCUT2D eigenvalue weighted by atomic mass is 79.9. The Morgan fingerprint density at radius 2 is 1.64 bits per heavy atom. The predicted molar refractivity (Wildman–Crippen MR) is 108 cm³/mol. The highest BCUT2D eigenvalue weighted by Gasteiger charge is 2.21. The van der Waals surface area contributed by atoms with E-state index < -0.39 is 0 Å². The number of likely N-dealkylation sites (tertiary alicyclic amines) is 1. The summed E-state index contributed by atoms with van der Waals surface area (Å²) < 4.78 is 1.93. The molecule has 5 heteroatoms. The summed E-state index contributed by atoms with van der Waals surface area (Å²) in [7, 11) is 0. The van der Waals surface area contributed by atoms with Crippen LogP contribution in [0.1, 0.15) is 24.0 Å². The lowest BCUT2D eigenvalue weighted by Gasteiger charge is -2.32. The maximum Gasteiger partial charge on any atom is 0.224 e. The molecule has 1 N–H and O–H groups in total. The van der Waals surface area contributed by atoms with Gasteiger partial charge in [-0.05, 0) is 36.1 Å². The molecule has 0 bridgehead atoms. The van der Waals surface area contributed by atoms with Crippen molar-refractivity contribution in [1.29, 1.82) is 0 Å². The Morgan fingerprint density at radius 3 is 2.28 bits per heavy atom. The fraction of sp³-hybridized carbons (Fsp3) is 0.350. The van der Waals surface area contributed by atoms with Gasteiger partial charge in [0.25, 0.3) is 0 Å². The maximum atomic E-state index is 12.4. The number of halogens is 2. The molecule has 0 unspecified atom stereocenters. The van der Waals surface area contributed by atoms with Gasteiger partial charge in [-0.15, -0.1) is 0 Å². The zero-order valence-electron chi connectivity index (χ0n) is 14.1. The summed E-state index contributed by atoms with van der Waals surface area (Å²) in [5.41, 5.74) is 2.35. The predicted octanol–water partition coefficient (Wildman–Crippen LogP) is 4.53. The minimum Gasteiger partial charge on any atom is -0.353 e. The van der Waals surface area contributed by atoms with E-state index in [1.54, 1.807) is 0 Å². The second-order valence-corrected chi connectivity index (χ2v) is 8.19. The number of benzene rings is 2. The van der Waals surface area contributed by atoms with Gasteiger partial charge in [0, 0.05) is 34.6 Å². The van der Waals surface area contributed by atoms with E-state index in [4.69, 9.17) is 0 Å². The number of nitrogens with one attached hydrogen (secondary N) is 1. The zero-order chi connectivity index (χ0) is 17.6. The minimum atomic E-state index is 0.0918. The van der Waals surface area contributed by atoms with E-state index in [0.717, 1.165) is 47.0 Å². The summed E-state index contributed by atoms with van der Waals surface area (Å²) >= 11 is 7.05. The first-order chi connectivity index (χ1) is 12.1. The summed E-state index contributed by atoms with van der Waals surface area (Å²) in [5.74, 6) is 0.0918. The molecule has 3 nitrogen and oxygen atoms in total. The van der Waals surface area contributed by atoms with Gasteiger partial charge in [-0.25, -0.2) is 0 Å². The van der Waals surface area contributed by atoms with Gasteiger partial charge in [-0.3, -0.25) is 9.69 Å². The van der Waals surface area contributed by atoms with E-state index in [1.165, 1.54) is 5.56 Å². The molecule has 1 amide bonds. The van der Waals surface area contributed by atoms with Crippen LogP contribution < -0.4 is 5.32 Å². The molecule has 0 aromatic heterocycles. The zero-order valence-corrected chi connectivity index (χ0v) is 17.2. The molecule has 0 spiro atoms. The lowest BCUT2D eigenvalue weighted by atomic mass is 10.0. The number of hydrogen-bond donors (Lipinski definition) is 1. The van der Waals surface area contributed by atoms with Crippen molar-refractivity contribution in [3.63, 3.8) is 0 Å². The van der Waals surface area contributed by atoms with Gasteiger partial charge in [-0.1, -0.05) is 68.3 Å². The number of amides is 1. The third-order valence-corrected chi connectivity index (χ3v) is 6.09. The summed E-state index contributed by atoms with van der Waals surface area (Å²) in [5, 5.41) is 3.20. The minimum absolute atomic E-state index is 0.0918. The van der Waals surface area contributed by atoms with Gasteiger partial charge < -0.3 is 5.32 Å². The molecule has 132 valence electrons. The van der Waals surface area contributed by atoms with E-state index in [1.807, 2.05) is 18.2 Å². The van der Waals surface area contributed by atoms with Crippen LogP contribution in [0.2, 0.25) is 0 Å². The summed E-state index contributed by atoms with van der Waals surface area (Å²) in [6.07, 6.45) is 2.41. The first kappa shape index (κ1) is 18.6. The van der Waals surface area contributed by atoms with Crippen molar-refractivity contribution in [2.24, 2.45) is 0 Å². The van der Waals surface area contributed by atoms with E-state index in [9.17, 15) is 4.79 Å². The molecule has 1 saturated heterocycles. The van der Waals surface area contributed by atoms with Gasteiger partial charge in [0.15, 0.2) is 0 Å². The fourth-order valence-corrected chi connectivity index (χ4v) is 4.50. The Balaban J connectivity index is 1.46. The van der Waals surface area contributed by atoms with Gasteiger partial charge >= 0.3 is 0 Å². The molecule has 1 aliphatic rings. The van der Waals surface area contributed by atoms with E-state index in [2.05, 4.69) is 72.4 Å². The number of piperidine rings is 1. The summed E-state index contributed by atoms with van der Waals surface area (Å²) in [4.78, 5) is 14.9. The van der Waals surface area contributed by atoms with Crippen molar-refractivity contribution < 1.29 is 4.79 Å². The molecule has 3 rings (SSSR count). The van der Waals surface area contributed by atoms with Gasteiger partial charge in [0.05, 0.1) is 6.42 Å². The lowest BCUT2D eigenvalue weighted by molar-refractivity contribution is -0.121. The van der Waals surface area contributed by atoms with Crippen LogP contribution in [0.25, 0.3) is 0 Å². The lowest BCUT2D eigenvalue weighted by Crippen LogP contribution is -2.44. The van der Waals surface area contributed by atoms with Crippen LogP contribution in [0, 0.1) is 0 Å². The summed E-state index contributed by atoms with van der Waals surface area (Å²) in [6.45, 7) is 3.04. The van der Waals surface area contributed by atoms with Crippen LogP contribution in [0.4, 0.5) is 0 Å². The second-order valence-electron chi connectivity index (χ2n) is 6.48. The molecule has 0 aliphatic carbocycles. The Labute approximate surface area is 166 Å². The van der Waals surface area contributed by atoms with Crippen molar-refractivity contribution in [1.82, 2.24) is 10.2 Å². The van der Waals surface area contributed by atoms with Crippen molar-refractivity contribution in [2.75, 3.05) is 13.1 Å². The monoisotopic (exact) mass is 464 g/mol. The maximum absolute atomic E-state index is 12.4. The molecular formula is C20H22Br2N2O. The molecule has 2 aromatic carbocycles. The molecule has 1 heterocycles. The Kier molecular flexibility index (Phi) is 6.68. The first-order valence-corrected chi connectivity index (χ1v) is 10.2. The van der Waals surface area contributed by atoms with Gasteiger partial charge in [0.2, 0.25) is 5.91 Å². The number of carbonyl (C=O) groups is 1. The first-order valence-electron chi connectivity index (χ1n) is 8.60.